The van der Waals surface area contributed by atoms with Crippen LogP contribution in [0.3, 0.4) is 0 Å². The van der Waals surface area contributed by atoms with E-state index in [1.54, 1.807) is 16.8 Å². The highest BCUT2D eigenvalue weighted by Gasteiger charge is 2.47. The summed E-state index contributed by atoms with van der Waals surface area (Å²) >= 11 is 0. The number of aliphatic carboxylic acids is 1. The first kappa shape index (κ1) is 28.9. The number of fused-ring (bicyclic) bond motifs is 1. The number of ether oxygens (including phenoxy) is 1. The molecule has 220 valence electrons. The minimum absolute atomic E-state index is 0.0321. The lowest BCUT2D eigenvalue weighted by Gasteiger charge is -2.30. The van der Waals surface area contributed by atoms with Crippen molar-refractivity contribution in [3.05, 3.63) is 53.9 Å². The van der Waals surface area contributed by atoms with Gasteiger partial charge < -0.3 is 24.5 Å². The first-order chi connectivity index (χ1) is 19.8. The third-order valence-corrected chi connectivity index (χ3v) is 8.78. The van der Waals surface area contributed by atoms with Crippen LogP contribution in [0.25, 0.3) is 0 Å². The van der Waals surface area contributed by atoms with Crippen molar-refractivity contribution < 1.29 is 28.8 Å². The van der Waals surface area contributed by atoms with Crippen LogP contribution in [0.1, 0.15) is 43.2 Å². The van der Waals surface area contributed by atoms with Crippen LogP contribution in [-0.2, 0) is 23.1 Å². The van der Waals surface area contributed by atoms with Gasteiger partial charge in [-0.2, -0.15) is 0 Å². The molecule has 2 fully saturated rings. The Kier molecular flexibility index (Phi) is 8.77. The van der Waals surface area contributed by atoms with Crippen LogP contribution in [0.5, 0.6) is 5.75 Å². The van der Waals surface area contributed by atoms with E-state index >= 15 is 0 Å². The maximum Gasteiger partial charge on any atom is 0.319 e. The highest BCUT2D eigenvalue weighted by Crippen LogP contribution is 2.41. The maximum atomic E-state index is 13.9. The summed E-state index contributed by atoms with van der Waals surface area (Å²) in [4.78, 5) is 46.8. The summed E-state index contributed by atoms with van der Waals surface area (Å²) < 4.78 is 7.62. The molecule has 0 saturated carbocycles. The Balaban J connectivity index is 1.43. The number of amides is 3. The van der Waals surface area contributed by atoms with Gasteiger partial charge >= 0.3 is 12.0 Å². The Morgan fingerprint density at radius 2 is 2.05 bits per heavy atom. The van der Waals surface area contributed by atoms with E-state index in [1.165, 1.54) is 0 Å². The molecular weight excluding hydrogens is 522 g/mol. The molecule has 41 heavy (non-hydrogen) atoms. The molecule has 10 nitrogen and oxygen atoms in total. The number of hydrogen-bond acceptors (Lipinski definition) is 5. The number of likely N-dealkylation sites (N-methyl/N-ethyl adjacent to an activating group) is 1. The van der Waals surface area contributed by atoms with Crippen molar-refractivity contribution in [2.75, 3.05) is 57.8 Å². The van der Waals surface area contributed by atoms with E-state index in [4.69, 9.17) is 4.74 Å². The Morgan fingerprint density at radius 1 is 1.22 bits per heavy atom. The monoisotopic (exact) mass is 564 g/mol. The van der Waals surface area contributed by atoms with Crippen LogP contribution >= 0.6 is 0 Å². The fourth-order valence-corrected chi connectivity index (χ4v) is 6.53. The van der Waals surface area contributed by atoms with E-state index in [0.717, 1.165) is 41.8 Å². The van der Waals surface area contributed by atoms with E-state index in [2.05, 4.69) is 17.9 Å². The van der Waals surface area contributed by atoms with Crippen LogP contribution in [0.15, 0.2) is 42.7 Å². The average molecular weight is 565 g/mol. The van der Waals surface area contributed by atoms with E-state index in [9.17, 15) is 19.5 Å². The Hall–Kier alpha value is -3.66. The molecule has 1 aromatic heterocycles. The number of anilines is 1. The van der Waals surface area contributed by atoms with Crippen molar-refractivity contribution in [3.63, 3.8) is 0 Å². The van der Waals surface area contributed by atoms with Gasteiger partial charge in [0.2, 0.25) is 5.91 Å². The molecule has 1 N–H and O–H groups in total. The number of carboxylic acid groups (broad SMARTS) is 1. The predicted octanol–water partition coefficient (Wildman–Crippen LogP) is 2.51. The van der Waals surface area contributed by atoms with Crippen molar-refractivity contribution >= 4 is 23.6 Å². The maximum absolute atomic E-state index is 13.9. The summed E-state index contributed by atoms with van der Waals surface area (Å²) in [6.07, 6.45) is 7.01. The molecule has 0 radical (unpaired) electrons. The number of carbonyl (C=O) groups is 3. The summed E-state index contributed by atoms with van der Waals surface area (Å²) in [6, 6.07) is 9.46. The standard InChI is InChI=1S/C31H41N5O5/c1-4-5-13-36(24-7-6-12-32(2)19-24)28(37)21-35-20-25(22-8-9-27-23(18-22)11-17-41-27)29(30(38)39)26(35)10-14-34-16-15-33(3)31(34)40/h6-9,12,18-19,25-26,29H,4-5,10-11,13-17,20-21H2,1-3H3/p+1/t25-,26+,29-/m1/s1. The molecule has 0 spiro atoms. The first-order valence-corrected chi connectivity index (χ1v) is 14.7. The van der Waals surface area contributed by atoms with Crippen LogP contribution < -0.4 is 14.2 Å². The minimum Gasteiger partial charge on any atom is -0.493 e. The fourth-order valence-electron chi connectivity index (χ4n) is 6.53. The van der Waals surface area contributed by atoms with Crippen molar-refractivity contribution in [2.24, 2.45) is 13.0 Å². The average Bonchev–Trinajstić information content (AvgIpc) is 3.65. The highest BCUT2D eigenvalue weighted by molar-refractivity contribution is 5.94. The third-order valence-electron chi connectivity index (χ3n) is 8.78. The molecule has 4 heterocycles. The summed E-state index contributed by atoms with van der Waals surface area (Å²) in [5.41, 5.74) is 2.91. The topological polar surface area (TPSA) is 97.5 Å². The van der Waals surface area contributed by atoms with Crippen molar-refractivity contribution in [3.8, 4) is 5.75 Å². The molecule has 3 aliphatic rings. The van der Waals surface area contributed by atoms with Gasteiger partial charge in [0.05, 0.1) is 19.1 Å². The SMILES string of the molecule is CCCCN(C(=O)CN1C[C@H](c2ccc3c(c2)CCO3)[C@@H](C(=O)O)[C@@H]1CCN1CCN(C)C1=O)c1ccc[n+](C)c1. The molecule has 3 amide bonds. The van der Waals surface area contributed by atoms with Crippen molar-refractivity contribution in [2.45, 2.75) is 44.6 Å². The number of urea groups is 1. The highest BCUT2D eigenvalue weighted by atomic mass is 16.5. The smallest absolute Gasteiger partial charge is 0.319 e. The summed E-state index contributed by atoms with van der Waals surface area (Å²) in [5.74, 6) is -1.02. The number of hydrogen-bond donors (Lipinski definition) is 1. The van der Waals surface area contributed by atoms with Crippen LogP contribution in [0, 0.1) is 5.92 Å². The molecule has 1 aromatic carbocycles. The van der Waals surface area contributed by atoms with Gasteiger partial charge in [-0.15, -0.1) is 0 Å². The van der Waals surface area contributed by atoms with E-state index in [0.29, 0.717) is 45.8 Å². The van der Waals surface area contributed by atoms with Gasteiger partial charge in [-0.1, -0.05) is 25.5 Å². The second-order valence-electron chi connectivity index (χ2n) is 11.5. The molecule has 10 heteroatoms. The Labute approximate surface area is 242 Å². The number of likely N-dealkylation sites (tertiary alicyclic amines) is 1. The lowest BCUT2D eigenvalue weighted by Crippen LogP contribution is -2.46. The molecule has 0 bridgehead atoms. The van der Waals surface area contributed by atoms with Crippen LogP contribution in [0.2, 0.25) is 0 Å². The number of pyridine rings is 1. The van der Waals surface area contributed by atoms with Gasteiger partial charge in [-0.25, -0.2) is 9.36 Å². The predicted molar refractivity (Wildman–Crippen MR) is 154 cm³/mol. The van der Waals surface area contributed by atoms with E-state index in [-0.39, 0.29) is 30.4 Å². The number of carboxylic acids is 1. The number of carbonyl (C=O) groups excluding carboxylic acids is 2. The summed E-state index contributed by atoms with van der Waals surface area (Å²) in [5, 5.41) is 10.5. The van der Waals surface area contributed by atoms with Gasteiger partial charge in [-0.05, 0) is 36.1 Å². The lowest BCUT2D eigenvalue weighted by atomic mass is 9.83. The molecule has 5 rings (SSSR count). The van der Waals surface area contributed by atoms with Crippen molar-refractivity contribution in [1.29, 1.82) is 0 Å². The second kappa shape index (κ2) is 12.5. The van der Waals surface area contributed by atoms with Crippen LogP contribution in [0.4, 0.5) is 10.5 Å². The minimum atomic E-state index is -0.866. The van der Waals surface area contributed by atoms with Gasteiger partial charge in [0, 0.05) is 64.2 Å². The van der Waals surface area contributed by atoms with Gasteiger partial charge in [-0.3, -0.25) is 14.5 Å². The number of aromatic nitrogens is 1. The van der Waals surface area contributed by atoms with Gasteiger partial charge in [0.1, 0.15) is 18.5 Å². The van der Waals surface area contributed by atoms with Crippen LogP contribution in [-0.4, -0.2) is 96.7 Å². The normalized spacial score (nSPS) is 22.2. The molecule has 3 aliphatic heterocycles. The molecule has 2 aromatic rings. The molecular formula is C31H42N5O5+. The van der Waals surface area contributed by atoms with E-state index < -0.39 is 11.9 Å². The van der Waals surface area contributed by atoms with Gasteiger partial charge in [0.25, 0.3) is 0 Å². The summed E-state index contributed by atoms with van der Waals surface area (Å²) in [6.45, 7) is 5.67. The molecule has 2 saturated heterocycles. The molecule has 0 unspecified atom stereocenters. The molecule has 0 aliphatic carbocycles. The van der Waals surface area contributed by atoms with Gasteiger partial charge in [0.15, 0.2) is 12.4 Å². The fraction of sp³-hybridized carbons (Fsp3) is 0.548. The third kappa shape index (κ3) is 6.17. The number of benzene rings is 1. The van der Waals surface area contributed by atoms with Crippen molar-refractivity contribution in [1.82, 2.24) is 14.7 Å². The Bertz CT molecular complexity index is 1290. The number of aryl methyl sites for hydroxylation is 1. The number of unbranched alkanes of at least 4 members (excludes halogenated alkanes) is 1. The Morgan fingerprint density at radius 3 is 2.76 bits per heavy atom. The molecule has 3 atom stereocenters. The number of nitrogens with zero attached hydrogens (tertiary/aromatic N) is 5. The first-order valence-electron chi connectivity index (χ1n) is 14.7. The van der Waals surface area contributed by atoms with E-state index in [1.807, 2.05) is 53.2 Å². The lowest BCUT2D eigenvalue weighted by molar-refractivity contribution is -0.670. The number of rotatable bonds is 11. The zero-order chi connectivity index (χ0) is 29.1. The second-order valence-corrected chi connectivity index (χ2v) is 11.5. The summed E-state index contributed by atoms with van der Waals surface area (Å²) in [7, 11) is 3.72. The zero-order valence-electron chi connectivity index (χ0n) is 24.4. The zero-order valence-corrected chi connectivity index (χ0v) is 24.4. The largest absolute Gasteiger partial charge is 0.493 e. The quantitative estimate of drug-likeness (QED) is 0.422.